The largest absolute Gasteiger partial charge is 0.388 e. The number of hydrogen-bond donors (Lipinski definition) is 1. The number of nitrogens with zero attached hydrogens (tertiary/aromatic N) is 1. The van der Waals surface area contributed by atoms with Crippen molar-refractivity contribution >= 4 is 21.8 Å². The van der Waals surface area contributed by atoms with Crippen molar-refractivity contribution < 1.29 is 5.11 Å². The molecule has 0 aliphatic heterocycles. The van der Waals surface area contributed by atoms with Crippen LogP contribution in [0.5, 0.6) is 0 Å². The molecule has 0 spiro atoms. The summed E-state index contributed by atoms with van der Waals surface area (Å²) in [6.07, 6.45) is 1.50. The Kier molecular flexibility index (Phi) is 3.49. The van der Waals surface area contributed by atoms with Crippen LogP contribution < -0.4 is 0 Å². The van der Waals surface area contributed by atoms with Gasteiger partial charge in [0.1, 0.15) is 0 Å². The first-order valence-electron chi connectivity index (χ1n) is 7.45. The number of aliphatic hydroxyl groups excluding tert-OH is 1. The maximum absolute atomic E-state index is 10.1. The molecule has 2 nitrogen and oxygen atoms in total. The Morgan fingerprint density at radius 1 is 1.00 bits per heavy atom. The third kappa shape index (κ3) is 2.01. The molecule has 2 aromatic carbocycles. The van der Waals surface area contributed by atoms with Gasteiger partial charge in [0.25, 0.3) is 0 Å². The SMILES string of the molecule is CCCn1c2ccccc2c2cc(C(O)CC)ccc21. The summed E-state index contributed by atoms with van der Waals surface area (Å²) in [4.78, 5) is 0. The molecule has 1 atom stereocenters. The monoisotopic (exact) mass is 267 g/mol. The van der Waals surface area contributed by atoms with Crippen LogP contribution in [0.15, 0.2) is 42.5 Å². The van der Waals surface area contributed by atoms with Gasteiger partial charge in [-0.15, -0.1) is 0 Å². The molecule has 0 radical (unpaired) electrons. The van der Waals surface area contributed by atoms with Crippen LogP contribution in [0.4, 0.5) is 0 Å². The fraction of sp³-hybridized carbons (Fsp3) is 0.333. The summed E-state index contributed by atoms with van der Waals surface area (Å²) in [5.41, 5.74) is 3.56. The summed E-state index contributed by atoms with van der Waals surface area (Å²) in [6, 6.07) is 14.9. The Morgan fingerprint density at radius 3 is 2.50 bits per heavy atom. The van der Waals surface area contributed by atoms with Crippen LogP contribution in [0.1, 0.15) is 38.4 Å². The number of benzene rings is 2. The molecule has 2 heteroatoms. The predicted molar refractivity (Wildman–Crippen MR) is 85.0 cm³/mol. The average molecular weight is 267 g/mol. The van der Waals surface area contributed by atoms with E-state index in [0.29, 0.717) is 0 Å². The lowest BCUT2D eigenvalue weighted by Gasteiger charge is -2.09. The lowest BCUT2D eigenvalue weighted by Crippen LogP contribution is -1.97. The molecule has 0 saturated carbocycles. The third-order valence-corrected chi connectivity index (χ3v) is 4.02. The molecule has 0 bridgehead atoms. The van der Waals surface area contributed by atoms with E-state index >= 15 is 0 Å². The maximum atomic E-state index is 10.1. The maximum Gasteiger partial charge on any atom is 0.0787 e. The molecule has 0 aliphatic rings. The van der Waals surface area contributed by atoms with E-state index in [1.54, 1.807) is 0 Å². The molecular weight excluding hydrogens is 246 g/mol. The van der Waals surface area contributed by atoms with Crippen molar-refractivity contribution in [2.24, 2.45) is 0 Å². The van der Waals surface area contributed by atoms with Gasteiger partial charge in [-0.05, 0) is 36.6 Å². The minimum atomic E-state index is -0.368. The predicted octanol–water partition coefficient (Wildman–Crippen LogP) is 4.65. The fourth-order valence-electron chi connectivity index (χ4n) is 2.98. The van der Waals surface area contributed by atoms with Gasteiger partial charge in [0, 0.05) is 28.4 Å². The zero-order chi connectivity index (χ0) is 14.1. The Labute approximate surface area is 119 Å². The van der Waals surface area contributed by atoms with Crippen molar-refractivity contribution in [2.75, 3.05) is 0 Å². The molecule has 3 aromatic rings. The van der Waals surface area contributed by atoms with Crippen LogP contribution in [-0.4, -0.2) is 9.67 Å². The van der Waals surface area contributed by atoms with Crippen molar-refractivity contribution in [1.29, 1.82) is 0 Å². The molecule has 3 rings (SSSR count). The summed E-state index contributed by atoms with van der Waals surface area (Å²) in [6.45, 7) is 5.24. The Morgan fingerprint density at radius 2 is 1.75 bits per heavy atom. The van der Waals surface area contributed by atoms with Gasteiger partial charge in [-0.3, -0.25) is 0 Å². The van der Waals surface area contributed by atoms with E-state index in [4.69, 9.17) is 0 Å². The van der Waals surface area contributed by atoms with Crippen molar-refractivity contribution in [3.63, 3.8) is 0 Å². The number of rotatable bonds is 4. The van der Waals surface area contributed by atoms with Crippen molar-refractivity contribution in [2.45, 2.75) is 39.3 Å². The van der Waals surface area contributed by atoms with Gasteiger partial charge in [-0.1, -0.05) is 38.1 Å². The lowest BCUT2D eigenvalue weighted by molar-refractivity contribution is 0.174. The lowest BCUT2D eigenvalue weighted by atomic mass is 10.0. The second-order valence-electron chi connectivity index (χ2n) is 5.37. The Hall–Kier alpha value is -1.80. The smallest absolute Gasteiger partial charge is 0.0787 e. The third-order valence-electron chi connectivity index (χ3n) is 4.02. The average Bonchev–Trinajstić information content (AvgIpc) is 2.81. The highest BCUT2D eigenvalue weighted by Gasteiger charge is 2.12. The van der Waals surface area contributed by atoms with Gasteiger partial charge in [0.05, 0.1) is 6.10 Å². The number of aliphatic hydroxyl groups is 1. The zero-order valence-electron chi connectivity index (χ0n) is 12.1. The molecule has 0 amide bonds. The molecule has 1 unspecified atom stereocenters. The van der Waals surface area contributed by atoms with Gasteiger partial charge in [-0.2, -0.15) is 0 Å². The highest BCUT2D eigenvalue weighted by Crippen LogP contribution is 2.31. The quantitative estimate of drug-likeness (QED) is 0.731. The summed E-state index contributed by atoms with van der Waals surface area (Å²) < 4.78 is 2.38. The van der Waals surface area contributed by atoms with Crippen molar-refractivity contribution in [1.82, 2.24) is 4.57 Å². The van der Waals surface area contributed by atoms with Crippen LogP contribution in [0.3, 0.4) is 0 Å². The van der Waals surface area contributed by atoms with Crippen LogP contribution in [0.25, 0.3) is 21.8 Å². The van der Waals surface area contributed by atoms with E-state index in [0.717, 1.165) is 24.9 Å². The molecule has 1 heterocycles. The number of hydrogen-bond acceptors (Lipinski definition) is 1. The zero-order valence-corrected chi connectivity index (χ0v) is 12.1. The Bertz CT molecular complexity index is 742. The molecule has 0 saturated heterocycles. The summed E-state index contributed by atoms with van der Waals surface area (Å²) in [5.74, 6) is 0. The van der Waals surface area contributed by atoms with Crippen LogP contribution in [0.2, 0.25) is 0 Å². The van der Waals surface area contributed by atoms with Crippen molar-refractivity contribution in [3.05, 3.63) is 48.0 Å². The normalized spacial score (nSPS) is 13.2. The van der Waals surface area contributed by atoms with Gasteiger partial charge in [0.15, 0.2) is 0 Å². The Balaban J connectivity index is 2.31. The summed E-state index contributed by atoms with van der Waals surface area (Å²) >= 11 is 0. The second-order valence-corrected chi connectivity index (χ2v) is 5.37. The van der Waals surface area contributed by atoms with E-state index in [2.05, 4.69) is 54.0 Å². The number of aromatic nitrogens is 1. The second kappa shape index (κ2) is 5.29. The first-order chi connectivity index (χ1) is 9.76. The van der Waals surface area contributed by atoms with Gasteiger partial charge >= 0.3 is 0 Å². The molecule has 1 N–H and O–H groups in total. The summed E-state index contributed by atoms with van der Waals surface area (Å²) in [5, 5.41) is 12.6. The van der Waals surface area contributed by atoms with E-state index in [1.165, 1.54) is 21.8 Å². The van der Waals surface area contributed by atoms with Crippen molar-refractivity contribution in [3.8, 4) is 0 Å². The molecular formula is C18H21NO. The standard InChI is InChI=1S/C18H21NO/c1-3-11-19-16-8-6-5-7-14(16)15-12-13(18(20)4-2)9-10-17(15)19/h5-10,12,18,20H,3-4,11H2,1-2H3. The molecule has 1 aromatic heterocycles. The summed E-state index contributed by atoms with van der Waals surface area (Å²) in [7, 11) is 0. The first-order valence-corrected chi connectivity index (χ1v) is 7.45. The minimum Gasteiger partial charge on any atom is -0.388 e. The topological polar surface area (TPSA) is 25.2 Å². The van der Waals surface area contributed by atoms with Gasteiger partial charge in [-0.25, -0.2) is 0 Å². The fourth-order valence-corrected chi connectivity index (χ4v) is 2.98. The number of aryl methyl sites for hydroxylation is 1. The number of fused-ring (bicyclic) bond motifs is 3. The van der Waals surface area contributed by atoms with E-state index < -0.39 is 0 Å². The molecule has 104 valence electrons. The molecule has 0 aliphatic carbocycles. The van der Waals surface area contributed by atoms with Crippen LogP contribution in [-0.2, 0) is 6.54 Å². The van der Waals surface area contributed by atoms with E-state index in [1.807, 2.05) is 6.92 Å². The van der Waals surface area contributed by atoms with E-state index in [9.17, 15) is 5.11 Å². The first kappa shape index (κ1) is 13.2. The highest BCUT2D eigenvalue weighted by molar-refractivity contribution is 6.08. The van der Waals surface area contributed by atoms with Gasteiger partial charge < -0.3 is 9.67 Å². The molecule has 0 fully saturated rings. The highest BCUT2D eigenvalue weighted by atomic mass is 16.3. The van der Waals surface area contributed by atoms with Gasteiger partial charge in [0.2, 0.25) is 0 Å². The molecule has 20 heavy (non-hydrogen) atoms. The van der Waals surface area contributed by atoms with Crippen LogP contribution >= 0.6 is 0 Å². The van der Waals surface area contributed by atoms with Crippen LogP contribution in [0, 0.1) is 0 Å². The number of para-hydroxylation sites is 1. The minimum absolute atomic E-state index is 0.368. The van der Waals surface area contributed by atoms with E-state index in [-0.39, 0.29) is 6.10 Å².